The van der Waals surface area contributed by atoms with E-state index in [-0.39, 0.29) is 24.4 Å². The van der Waals surface area contributed by atoms with Crippen molar-refractivity contribution in [3.05, 3.63) is 46.7 Å². The highest BCUT2D eigenvalue weighted by atomic mass is 32.1. The average molecular weight is 454 g/mol. The van der Waals surface area contributed by atoms with Gasteiger partial charge in [-0.15, -0.1) is 16.4 Å². The Kier molecular flexibility index (Phi) is 7.52. The second-order valence-electron chi connectivity index (χ2n) is 8.44. The molecule has 170 valence electrons. The molecular formula is C24H31N5O2S. The van der Waals surface area contributed by atoms with Crippen LogP contribution in [0, 0.1) is 0 Å². The summed E-state index contributed by atoms with van der Waals surface area (Å²) in [5, 5.41) is 13.6. The number of rotatable bonds is 9. The van der Waals surface area contributed by atoms with Gasteiger partial charge >= 0.3 is 0 Å². The largest absolute Gasteiger partial charge is 0.351 e. The minimum absolute atomic E-state index is 0.0583. The Morgan fingerprint density at radius 3 is 2.75 bits per heavy atom. The first-order valence-corrected chi connectivity index (χ1v) is 12.5. The molecule has 1 N–H and O–H groups in total. The van der Waals surface area contributed by atoms with E-state index in [1.54, 1.807) is 9.58 Å². The molecule has 32 heavy (non-hydrogen) atoms. The van der Waals surface area contributed by atoms with Crippen LogP contribution < -0.4 is 5.32 Å². The molecule has 1 aromatic carbocycles. The molecule has 0 saturated heterocycles. The summed E-state index contributed by atoms with van der Waals surface area (Å²) in [4.78, 5) is 29.7. The molecule has 1 aliphatic carbocycles. The van der Waals surface area contributed by atoms with E-state index >= 15 is 0 Å². The van der Waals surface area contributed by atoms with E-state index in [4.69, 9.17) is 0 Å². The summed E-state index contributed by atoms with van der Waals surface area (Å²) in [6.07, 6.45) is 7.32. The number of nitrogens with one attached hydrogen (secondary N) is 1. The molecule has 0 spiro atoms. The second kappa shape index (κ2) is 10.7. The van der Waals surface area contributed by atoms with Crippen LogP contribution in [0.1, 0.15) is 62.8 Å². The number of aromatic nitrogens is 3. The van der Waals surface area contributed by atoms with Crippen LogP contribution >= 0.6 is 11.3 Å². The fraction of sp³-hybridized carbons (Fsp3) is 0.500. The van der Waals surface area contributed by atoms with Crippen LogP contribution in [0.15, 0.2) is 41.8 Å². The molecule has 1 aliphatic rings. The molecule has 1 fully saturated rings. The molecule has 0 aliphatic heterocycles. The maximum absolute atomic E-state index is 13.6. The number of benzene rings is 1. The summed E-state index contributed by atoms with van der Waals surface area (Å²) in [6.45, 7) is 2.68. The zero-order chi connectivity index (χ0) is 22.3. The zero-order valence-electron chi connectivity index (χ0n) is 18.6. The third-order valence-electron chi connectivity index (χ3n) is 6.10. The van der Waals surface area contributed by atoms with Gasteiger partial charge in [-0.3, -0.25) is 9.59 Å². The lowest BCUT2D eigenvalue weighted by atomic mass is 9.95. The third kappa shape index (κ3) is 5.18. The number of carbonyl (C=O) groups excluding carboxylic acids is 2. The predicted octanol–water partition coefficient (Wildman–Crippen LogP) is 4.31. The minimum Gasteiger partial charge on any atom is -0.351 e. The van der Waals surface area contributed by atoms with Crippen LogP contribution in [0.25, 0.3) is 11.0 Å². The summed E-state index contributed by atoms with van der Waals surface area (Å²) in [7, 11) is 0. The highest BCUT2D eigenvalue weighted by Crippen LogP contribution is 2.28. The van der Waals surface area contributed by atoms with Gasteiger partial charge in [0.05, 0.1) is 5.52 Å². The van der Waals surface area contributed by atoms with E-state index in [1.807, 2.05) is 41.8 Å². The Hall–Kier alpha value is -2.74. The van der Waals surface area contributed by atoms with Gasteiger partial charge in [-0.05, 0) is 42.8 Å². The highest BCUT2D eigenvalue weighted by molar-refractivity contribution is 7.10. The molecule has 7 nitrogen and oxygen atoms in total. The lowest BCUT2D eigenvalue weighted by molar-refractivity contribution is -0.141. The number of fused-ring (bicyclic) bond motifs is 1. The molecule has 2 amide bonds. The van der Waals surface area contributed by atoms with Gasteiger partial charge in [0.25, 0.3) is 0 Å². The molecule has 1 atom stereocenters. The second-order valence-corrected chi connectivity index (χ2v) is 9.42. The third-order valence-corrected chi connectivity index (χ3v) is 7.03. The fourth-order valence-corrected chi connectivity index (χ4v) is 5.21. The van der Waals surface area contributed by atoms with E-state index < -0.39 is 6.04 Å². The maximum atomic E-state index is 13.6. The summed E-state index contributed by atoms with van der Waals surface area (Å²) < 4.78 is 1.63. The Labute approximate surface area is 192 Å². The van der Waals surface area contributed by atoms with Crippen LogP contribution in [0.3, 0.4) is 0 Å². The number of nitrogens with zero attached hydrogens (tertiary/aromatic N) is 4. The number of unbranched alkanes of at least 4 members (excludes halogenated alkanes) is 1. The van der Waals surface area contributed by atoms with E-state index in [0.29, 0.717) is 6.54 Å². The average Bonchev–Trinajstić information content (AvgIpc) is 3.48. The molecule has 4 rings (SSSR count). The molecule has 8 heteroatoms. The van der Waals surface area contributed by atoms with E-state index in [9.17, 15) is 9.59 Å². The van der Waals surface area contributed by atoms with Gasteiger partial charge in [-0.2, -0.15) is 0 Å². The van der Waals surface area contributed by atoms with Gasteiger partial charge < -0.3 is 10.2 Å². The fourth-order valence-electron chi connectivity index (χ4n) is 4.38. The number of thiophene rings is 1. The van der Waals surface area contributed by atoms with E-state index in [1.165, 1.54) is 17.8 Å². The normalized spacial score (nSPS) is 15.5. The lowest BCUT2D eigenvalue weighted by Crippen LogP contribution is -2.48. The zero-order valence-corrected chi connectivity index (χ0v) is 19.4. The predicted molar refractivity (Wildman–Crippen MR) is 126 cm³/mol. The summed E-state index contributed by atoms with van der Waals surface area (Å²) in [5.74, 6) is -0.196. The monoisotopic (exact) mass is 453 g/mol. The van der Waals surface area contributed by atoms with Crippen molar-refractivity contribution < 1.29 is 9.59 Å². The van der Waals surface area contributed by atoms with Crippen molar-refractivity contribution in [2.24, 2.45) is 0 Å². The first-order chi connectivity index (χ1) is 15.7. The highest BCUT2D eigenvalue weighted by Gasteiger charge is 2.33. The van der Waals surface area contributed by atoms with Gasteiger partial charge in [-0.1, -0.05) is 56.0 Å². The minimum atomic E-state index is -0.620. The van der Waals surface area contributed by atoms with Crippen LogP contribution in [0.5, 0.6) is 0 Å². The summed E-state index contributed by atoms with van der Waals surface area (Å²) in [6, 6.07) is 11.1. The number of amides is 2. The Balaban J connectivity index is 1.59. The van der Waals surface area contributed by atoms with E-state index in [2.05, 4.69) is 22.6 Å². The van der Waals surface area contributed by atoms with Gasteiger partial charge in [-0.25, -0.2) is 4.68 Å². The summed E-state index contributed by atoms with van der Waals surface area (Å²) in [5.41, 5.74) is 1.57. The van der Waals surface area contributed by atoms with Gasteiger partial charge in [0, 0.05) is 17.5 Å². The quantitative estimate of drug-likeness (QED) is 0.523. The van der Waals surface area contributed by atoms with Crippen LogP contribution in [0.4, 0.5) is 0 Å². The Morgan fingerprint density at radius 2 is 2.00 bits per heavy atom. The van der Waals surface area contributed by atoms with Crippen LogP contribution in [-0.4, -0.2) is 44.3 Å². The number of hydrogen-bond donors (Lipinski definition) is 1. The lowest BCUT2D eigenvalue weighted by Gasteiger charge is -2.32. The van der Waals surface area contributed by atoms with Crippen LogP contribution in [0.2, 0.25) is 0 Å². The van der Waals surface area contributed by atoms with Crippen molar-refractivity contribution >= 4 is 34.2 Å². The molecule has 1 unspecified atom stereocenters. The standard InChI is InChI=1S/C24H31N5O2S/c1-2-3-15-28(22(30)17-29-20-13-8-7-12-19(20)26-27-29)23(21-14-9-16-32-21)24(31)25-18-10-5-4-6-11-18/h7-9,12-14,16,18,23H,2-6,10-11,15,17H2,1H3,(H,25,31). The Bertz CT molecular complexity index is 1030. The van der Waals surface area contributed by atoms with Crippen molar-refractivity contribution in [3.63, 3.8) is 0 Å². The SMILES string of the molecule is CCCCN(C(=O)Cn1nnc2ccccc21)C(C(=O)NC1CCCCC1)c1cccs1. The number of carbonyl (C=O) groups is 2. The van der Waals surface area contributed by atoms with Gasteiger partial charge in [0.1, 0.15) is 18.1 Å². The van der Waals surface area contributed by atoms with Crippen molar-refractivity contribution in [2.45, 2.75) is 70.5 Å². The summed E-state index contributed by atoms with van der Waals surface area (Å²) >= 11 is 1.52. The topological polar surface area (TPSA) is 80.1 Å². The van der Waals surface area contributed by atoms with Crippen LogP contribution in [-0.2, 0) is 16.1 Å². The molecule has 2 aromatic heterocycles. The maximum Gasteiger partial charge on any atom is 0.248 e. The van der Waals surface area contributed by atoms with Gasteiger partial charge in [0.15, 0.2) is 0 Å². The number of hydrogen-bond acceptors (Lipinski definition) is 5. The van der Waals surface area contributed by atoms with Crippen molar-refractivity contribution in [1.29, 1.82) is 0 Å². The first-order valence-electron chi connectivity index (χ1n) is 11.6. The van der Waals surface area contributed by atoms with Crippen molar-refractivity contribution in [1.82, 2.24) is 25.2 Å². The Morgan fingerprint density at radius 1 is 1.19 bits per heavy atom. The smallest absolute Gasteiger partial charge is 0.248 e. The van der Waals surface area contributed by atoms with Gasteiger partial charge in [0.2, 0.25) is 11.8 Å². The van der Waals surface area contributed by atoms with Crippen molar-refractivity contribution in [3.8, 4) is 0 Å². The first kappa shape index (κ1) is 22.5. The van der Waals surface area contributed by atoms with E-state index in [0.717, 1.165) is 54.4 Å². The molecular weight excluding hydrogens is 422 g/mol. The molecule has 0 bridgehead atoms. The van der Waals surface area contributed by atoms with Crippen molar-refractivity contribution in [2.75, 3.05) is 6.54 Å². The molecule has 0 radical (unpaired) electrons. The molecule has 2 heterocycles. The number of para-hydroxylation sites is 1. The molecule has 3 aromatic rings. The molecule has 1 saturated carbocycles.